The number of fused-ring (bicyclic) bond motifs is 2. The second kappa shape index (κ2) is 9.10. The van der Waals surface area contributed by atoms with Crippen LogP contribution in [0.15, 0.2) is 23.1 Å². The molecule has 0 spiro atoms. The molecule has 0 bridgehead atoms. The lowest BCUT2D eigenvalue weighted by Gasteiger charge is -2.21. The number of hydrogen-bond donors (Lipinski definition) is 0. The SMILES string of the molecule is CCn1c(COC(=O)[C@H](C)N2C(=O)[C@H]3CCCC[C@H]3C2=O)nc2cc(S(=O)(=O)N(C)C)ccc21. The van der Waals surface area contributed by atoms with Crippen LogP contribution in [0.2, 0.25) is 0 Å². The normalized spacial score (nSPS) is 21.9. The van der Waals surface area contributed by atoms with Gasteiger partial charge in [0.2, 0.25) is 21.8 Å². The van der Waals surface area contributed by atoms with Crippen molar-refractivity contribution in [3.05, 3.63) is 24.0 Å². The topological polar surface area (TPSA) is 119 Å². The number of benzene rings is 1. The highest BCUT2D eigenvalue weighted by Crippen LogP contribution is 2.39. The Kier molecular flexibility index (Phi) is 6.52. The number of rotatable bonds is 7. The summed E-state index contributed by atoms with van der Waals surface area (Å²) in [5.41, 5.74) is 1.19. The maximum Gasteiger partial charge on any atom is 0.329 e. The van der Waals surface area contributed by atoms with Gasteiger partial charge in [0.1, 0.15) is 18.5 Å². The number of carbonyl (C=O) groups is 3. The monoisotopic (exact) mass is 490 g/mol. The van der Waals surface area contributed by atoms with Crippen molar-refractivity contribution < 1.29 is 27.5 Å². The summed E-state index contributed by atoms with van der Waals surface area (Å²) in [4.78, 5) is 44.0. The molecule has 4 rings (SSSR count). The van der Waals surface area contributed by atoms with E-state index in [-0.39, 0.29) is 35.2 Å². The molecule has 2 amide bonds. The highest BCUT2D eigenvalue weighted by atomic mass is 32.2. The summed E-state index contributed by atoms with van der Waals surface area (Å²) < 4.78 is 33.4. The van der Waals surface area contributed by atoms with E-state index in [1.165, 1.54) is 33.2 Å². The van der Waals surface area contributed by atoms with E-state index in [4.69, 9.17) is 4.74 Å². The molecule has 2 fully saturated rings. The Hall–Kier alpha value is -2.79. The second-order valence-corrected chi connectivity index (χ2v) is 11.2. The molecule has 1 aliphatic heterocycles. The van der Waals surface area contributed by atoms with Crippen LogP contribution in [0, 0.1) is 11.8 Å². The maximum absolute atomic E-state index is 12.8. The van der Waals surface area contributed by atoms with E-state index in [1.54, 1.807) is 6.07 Å². The number of sulfonamides is 1. The van der Waals surface area contributed by atoms with Gasteiger partial charge in [0, 0.05) is 20.6 Å². The fraction of sp³-hybridized carbons (Fsp3) is 0.565. The molecule has 2 heterocycles. The molecule has 11 heteroatoms. The van der Waals surface area contributed by atoms with Gasteiger partial charge in [-0.15, -0.1) is 0 Å². The van der Waals surface area contributed by atoms with Crippen LogP contribution >= 0.6 is 0 Å². The average Bonchev–Trinajstić information content (AvgIpc) is 3.30. The molecule has 1 aromatic heterocycles. The summed E-state index contributed by atoms with van der Waals surface area (Å²) in [6.07, 6.45) is 3.19. The Morgan fingerprint density at radius 2 is 1.79 bits per heavy atom. The predicted molar refractivity (Wildman–Crippen MR) is 123 cm³/mol. The first kappa shape index (κ1) is 24.3. The minimum atomic E-state index is -3.62. The number of imide groups is 1. The summed E-state index contributed by atoms with van der Waals surface area (Å²) in [6.45, 7) is 3.79. The summed E-state index contributed by atoms with van der Waals surface area (Å²) in [7, 11) is -0.697. The van der Waals surface area contributed by atoms with Gasteiger partial charge in [-0.05, 0) is 44.9 Å². The Labute approximate surface area is 198 Å². The Bertz CT molecular complexity index is 1230. The summed E-state index contributed by atoms with van der Waals surface area (Å²) in [6, 6.07) is 3.68. The van der Waals surface area contributed by atoms with Crippen LogP contribution in [-0.4, -0.2) is 65.1 Å². The van der Waals surface area contributed by atoms with Gasteiger partial charge in [-0.25, -0.2) is 22.5 Å². The van der Waals surface area contributed by atoms with E-state index in [2.05, 4.69) is 4.98 Å². The number of imidazole rings is 1. The molecular formula is C23H30N4O6S. The molecule has 1 aliphatic carbocycles. The van der Waals surface area contributed by atoms with Gasteiger partial charge in [0.15, 0.2) is 0 Å². The quantitative estimate of drug-likeness (QED) is 0.430. The van der Waals surface area contributed by atoms with Gasteiger partial charge in [-0.2, -0.15) is 0 Å². The standard InChI is InChI=1S/C23H30N4O6S/c1-5-26-19-11-10-15(34(31,32)25(3)4)12-18(19)24-20(26)13-33-23(30)14(2)27-21(28)16-8-6-7-9-17(16)22(27)29/h10-12,14,16-17H,5-9,13H2,1-4H3/t14-,16-,17+/m0/s1. The number of nitrogens with zero attached hydrogens (tertiary/aromatic N) is 4. The molecular weight excluding hydrogens is 460 g/mol. The first-order valence-electron chi connectivity index (χ1n) is 11.5. The van der Waals surface area contributed by atoms with Crippen LogP contribution < -0.4 is 0 Å². The molecule has 0 radical (unpaired) electrons. The second-order valence-electron chi connectivity index (χ2n) is 9.04. The molecule has 10 nitrogen and oxygen atoms in total. The number of ether oxygens (including phenoxy) is 1. The van der Waals surface area contributed by atoms with E-state index >= 15 is 0 Å². The Morgan fingerprint density at radius 1 is 1.18 bits per heavy atom. The summed E-state index contributed by atoms with van der Waals surface area (Å²) in [5, 5.41) is 0. The number of esters is 1. The third kappa shape index (κ3) is 4.00. The van der Waals surface area contributed by atoms with Crippen molar-refractivity contribution in [2.45, 2.75) is 63.6 Å². The first-order chi connectivity index (χ1) is 16.1. The lowest BCUT2D eigenvalue weighted by Crippen LogP contribution is -2.44. The molecule has 184 valence electrons. The number of carbonyl (C=O) groups excluding carboxylic acids is 3. The van der Waals surface area contributed by atoms with Crippen molar-refractivity contribution in [3.63, 3.8) is 0 Å². The van der Waals surface area contributed by atoms with E-state index in [1.807, 2.05) is 11.5 Å². The average molecular weight is 491 g/mol. The minimum Gasteiger partial charge on any atom is -0.456 e. The number of aryl methyl sites for hydroxylation is 1. The van der Waals surface area contributed by atoms with Crippen molar-refractivity contribution in [3.8, 4) is 0 Å². The molecule has 1 saturated heterocycles. The summed E-state index contributed by atoms with van der Waals surface area (Å²) >= 11 is 0. The van der Waals surface area contributed by atoms with Crippen molar-refractivity contribution in [1.82, 2.24) is 18.8 Å². The van der Waals surface area contributed by atoms with Crippen LogP contribution in [0.3, 0.4) is 0 Å². The number of hydrogen-bond acceptors (Lipinski definition) is 7. The van der Waals surface area contributed by atoms with Gasteiger partial charge in [-0.3, -0.25) is 14.5 Å². The molecule has 2 aromatic rings. The zero-order valence-corrected chi connectivity index (χ0v) is 20.7. The smallest absolute Gasteiger partial charge is 0.329 e. The zero-order valence-electron chi connectivity index (χ0n) is 19.9. The molecule has 34 heavy (non-hydrogen) atoms. The third-order valence-electron chi connectivity index (χ3n) is 6.84. The van der Waals surface area contributed by atoms with E-state index in [0.29, 0.717) is 36.2 Å². The molecule has 0 unspecified atom stereocenters. The highest BCUT2D eigenvalue weighted by Gasteiger charge is 2.51. The predicted octanol–water partition coefficient (Wildman–Crippen LogP) is 1.91. The molecule has 0 N–H and O–H groups in total. The van der Waals surface area contributed by atoms with E-state index in [0.717, 1.165) is 22.0 Å². The lowest BCUT2D eigenvalue weighted by molar-refractivity contribution is -0.159. The van der Waals surface area contributed by atoms with Crippen molar-refractivity contribution in [2.24, 2.45) is 11.8 Å². The highest BCUT2D eigenvalue weighted by molar-refractivity contribution is 7.89. The largest absolute Gasteiger partial charge is 0.456 e. The van der Waals surface area contributed by atoms with Gasteiger partial charge >= 0.3 is 5.97 Å². The van der Waals surface area contributed by atoms with Gasteiger partial charge < -0.3 is 9.30 Å². The molecule has 1 aromatic carbocycles. The maximum atomic E-state index is 12.8. The van der Waals surface area contributed by atoms with Crippen LogP contribution in [-0.2, 0) is 42.3 Å². The molecule has 1 saturated carbocycles. The van der Waals surface area contributed by atoms with Crippen LogP contribution in [0.25, 0.3) is 11.0 Å². The van der Waals surface area contributed by atoms with E-state index in [9.17, 15) is 22.8 Å². The first-order valence-corrected chi connectivity index (χ1v) is 13.0. The number of likely N-dealkylation sites (tertiary alicyclic amines) is 1. The van der Waals surface area contributed by atoms with Crippen LogP contribution in [0.5, 0.6) is 0 Å². The van der Waals surface area contributed by atoms with Crippen LogP contribution in [0.4, 0.5) is 0 Å². The minimum absolute atomic E-state index is 0.121. The summed E-state index contributed by atoms with van der Waals surface area (Å²) in [5.74, 6) is -1.44. The molecule has 3 atom stereocenters. The Morgan fingerprint density at radius 3 is 2.35 bits per heavy atom. The van der Waals surface area contributed by atoms with Crippen molar-refractivity contribution in [1.29, 1.82) is 0 Å². The fourth-order valence-electron chi connectivity index (χ4n) is 4.93. The lowest BCUT2D eigenvalue weighted by atomic mass is 9.81. The van der Waals surface area contributed by atoms with Crippen molar-refractivity contribution >= 4 is 38.8 Å². The Balaban J connectivity index is 1.52. The number of aromatic nitrogens is 2. The van der Waals surface area contributed by atoms with Gasteiger partial charge in [-0.1, -0.05) is 12.8 Å². The van der Waals surface area contributed by atoms with Gasteiger partial charge in [0.05, 0.1) is 27.8 Å². The van der Waals surface area contributed by atoms with Crippen molar-refractivity contribution in [2.75, 3.05) is 14.1 Å². The number of amides is 2. The van der Waals surface area contributed by atoms with Crippen LogP contribution in [0.1, 0.15) is 45.4 Å². The fourth-order valence-corrected chi connectivity index (χ4v) is 5.85. The van der Waals surface area contributed by atoms with E-state index < -0.39 is 22.0 Å². The third-order valence-corrected chi connectivity index (χ3v) is 8.65. The van der Waals surface area contributed by atoms with Gasteiger partial charge in [0.25, 0.3) is 0 Å². The molecule has 2 aliphatic rings. The zero-order chi connectivity index (χ0) is 24.8.